The molecule has 12 nitrogen and oxygen atoms in total. The van der Waals surface area contributed by atoms with Crippen LogP contribution in [-0.4, -0.2) is 49.7 Å². The van der Waals surface area contributed by atoms with Gasteiger partial charge in [0.05, 0.1) is 26.0 Å². The third-order valence-electron chi connectivity index (χ3n) is 3.94. The summed E-state index contributed by atoms with van der Waals surface area (Å²) in [5.74, 6) is -0.308. The van der Waals surface area contributed by atoms with Gasteiger partial charge in [0.2, 0.25) is 4.80 Å². The van der Waals surface area contributed by atoms with E-state index in [0.717, 1.165) is 16.0 Å². The lowest BCUT2D eigenvalue weighted by atomic mass is 10.0. The molecule has 3 aromatic heterocycles. The molecule has 2 N–H and O–H groups in total. The molecule has 0 aromatic carbocycles. The fourth-order valence-corrected chi connectivity index (χ4v) is 3.68. The molecule has 0 aliphatic heterocycles. The van der Waals surface area contributed by atoms with Crippen molar-refractivity contribution in [3.63, 3.8) is 0 Å². The Morgan fingerprint density at radius 1 is 1.22 bits per heavy atom. The zero-order valence-corrected chi connectivity index (χ0v) is 19.4. The van der Waals surface area contributed by atoms with Crippen molar-refractivity contribution in [2.45, 2.75) is 13.7 Å². The van der Waals surface area contributed by atoms with E-state index in [0.29, 0.717) is 22.6 Å². The van der Waals surface area contributed by atoms with Crippen LogP contribution >= 0.6 is 30.8 Å². The molecule has 1 amide bonds. The minimum Gasteiger partial charge on any atom is -0.494 e. The standard InChI is InChI=1S/C17H17ClN5O7PS/c1-9-4-10(11-5-14(18)20-7-13(11)28-2)12(6-19-9)15(24)21-16-23(8-30-31(25,26)27)22-17(29-3)32-16/h4-7H,8H2,1-3H3,(H2,25,26,27)/b21-16-. The second-order valence-electron chi connectivity index (χ2n) is 6.10. The molecule has 0 radical (unpaired) electrons. The number of carbonyl (C=O) groups excluding carboxylic acids is 1. The summed E-state index contributed by atoms with van der Waals surface area (Å²) in [6.07, 6.45) is 2.79. The van der Waals surface area contributed by atoms with Gasteiger partial charge in [-0.1, -0.05) is 11.6 Å². The molecule has 0 saturated heterocycles. The Labute approximate surface area is 190 Å². The van der Waals surface area contributed by atoms with Crippen LogP contribution in [0.25, 0.3) is 11.1 Å². The van der Waals surface area contributed by atoms with Gasteiger partial charge in [0, 0.05) is 23.0 Å². The van der Waals surface area contributed by atoms with Crippen molar-refractivity contribution in [2.24, 2.45) is 4.99 Å². The molecular weight excluding hydrogens is 485 g/mol. The monoisotopic (exact) mass is 501 g/mol. The van der Waals surface area contributed by atoms with Crippen LogP contribution < -0.4 is 14.3 Å². The van der Waals surface area contributed by atoms with Crippen LogP contribution in [0.4, 0.5) is 0 Å². The van der Waals surface area contributed by atoms with Gasteiger partial charge in [0.25, 0.3) is 11.1 Å². The number of phosphoric acid groups is 1. The van der Waals surface area contributed by atoms with Crippen LogP contribution in [0.1, 0.15) is 16.1 Å². The fourth-order valence-electron chi connectivity index (χ4n) is 2.56. The van der Waals surface area contributed by atoms with Crippen molar-refractivity contribution in [3.05, 3.63) is 45.7 Å². The van der Waals surface area contributed by atoms with Gasteiger partial charge in [-0.25, -0.2) is 14.2 Å². The van der Waals surface area contributed by atoms with E-state index < -0.39 is 20.5 Å². The first-order valence-electron chi connectivity index (χ1n) is 8.69. The number of phosphoric ester groups is 1. The van der Waals surface area contributed by atoms with Crippen LogP contribution in [0.15, 0.2) is 29.5 Å². The number of ether oxygens (including phenoxy) is 2. The van der Waals surface area contributed by atoms with E-state index in [1.54, 1.807) is 19.1 Å². The number of aromatic nitrogens is 4. The average molecular weight is 502 g/mol. The van der Waals surface area contributed by atoms with Crippen molar-refractivity contribution in [2.75, 3.05) is 14.2 Å². The molecule has 0 fully saturated rings. The second kappa shape index (κ2) is 9.86. The predicted octanol–water partition coefficient (Wildman–Crippen LogP) is 2.19. The van der Waals surface area contributed by atoms with E-state index in [1.807, 2.05) is 0 Å². The third kappa shape index (κ3) is 5.76. The summed E-state index contributed by atoms with van der Waals surface area (Å²) in [5.41, 5.74) is 1.74. The molecular formula is C17H17ClN5O7PS. The highest BCUT2D eigenvalue weighted by molar-refractivity contribution is 7.46. The normalized spacial score (nSPS) is 12.1. The maximum absolute atomic E-state index is 13.1. The summed E-state index contributed by atoms with van der Waals surface area (Å²) >= 11 is 6.93. The Morgan fingerprint density at radius 2 is 1.97 bits per heavy atom. The lowest BCUT2D eigenvalue weighted by Gasteiger charge is -2.12. The van der Waals surface area contributed by atoms with Crippen LogP contribution in [-0.2, 0) is 15.8 Å². The Kier molecular flexibility index (Phi) is 7.39. The first-order chi connectivity index (χ1) is 15.1. The molecule has 170 valence electrons. The van der Waals surface area contributed by atoms with Crippen molar-refractivity contribution in [1.82, 2.24) is 19.7 Å². The molecule has 0 aliphatic rings. The van der Waals surface area contributed by atoms with Crippen LogP contribution in [0.3, 0.4) is 0 Å². The lowest BCUT2D eigenvalue weighted by Crippen LogP contribution is -2.20. The topological polar surface area (TPSA) is 158 Å². The molecule has 3 rings (SSSR count). The molecule has 0 spiro atoms. The molecule has 0 atom stereocenters. The first kappa shape index (κ1) is 24.0. The third-order valence-corrected chi connectivity index (χ3v) is 5.50. The lowest BCUT2D eigenvalue weighted by molar-refractivity contribution is 0.0995. The van der Waals surface area contributed by atoms with Crippen LogP contribution in [0, 0.1) is 6.92 Å². The molecule has 0 bridgehead atoms. The zero-order valence-electron chi connectivity index (χ0n) is 16.9. The maximum Gasteiger partial charge on any atom is 0.471 e. The Morgan fingerprint density at radius 3 is 2.62 bits per heavy atom. The zero-order chi connectivity index (χ0) is 23.5. The number of aryl methyl sites for hydroxylation is 1. The molecule has 3 aromatic rings. The van der Waals surface area contributed by atoms with Crippen LogP contribution in [0.5, 0.6) is 10.9 Å². The van der Waals surface area contributed by atoms with Gasteiger partial charge in [-0.15, -0.1) is 5.10 Å². The van der Waals surface area contributed by atoms with Gasteiger partial charge in [0.15, 0.2) is 6.73 Å². The smallest absolute Gasteiger partial charge is 0.471 e. The summed E-state index contributed by atoms with van der Waals surface area (Å²) in [5, 5.41) is 4.26. The SMILES string of the molecule is COc1nn(COP(=O)(O)O)/c(=N/C(=O)c2cnc(C)cc2-c2cc(Cl)ncc2OC)s1. The number of amides is 1. The van der Waals surface area contributed by atoms with Crippen molar-refractivity contribution < 1.29 is 33.1 Å². The van der Waals surface area contributed by atoms with E-state index in [9.17, 15) is 9.36 Å². The summed E-state index contributed by atoms with van der Waals surface area (Å²) in [6.45, 7) is 1.11. The number of methoxy groups -OCH3 is 2. The number of carbonyl (C=O) groups is 1. The summed E-state index contributed by atoms with van der Waals surface area (Å²) in [6, 6.07) is 3.23. The van der Waals surface area contributed by atoms with Crippen molar-refractivity contribution in [1.29, 1.82) is 0 Å². The predicted molar refractivity (Wildman–Crippen MR) is 113 cm³/mol. The summed E-state index contributed by atoms with van der Waals surface area (Å²) in [7, 11) is -1.97. The minimum absolute atomic E-state index is 0.00782. The number of rotatable bonds is 7. The highest BCUT2D eigenvalue weighted by atomic mass is 35.5. The highest BCUT2D eigenvalue weighted by Crippen LogP contribution is 2.36. The van der Waals surface area contributed by atoms with E-state index in [2.05, 4.69) is 24.6 Å². The molecule has 32 heavy (non-hydrogen) atoms. The molecule has 0 unspecified atom stereocenters. The van der Waals surface area contributed by atoms with E-state index >= 15 is 0 Å². The summed E-state index contributed by atoms with van der Waals surface area (Å²) < 4.78 is 26.8. The second-order valence-corrected chi connectivity index (χ2v) is 8.64. The van der Waals surface area contributed by atoms with E-state index in [4.69, 9.17) is 30.9 Å². The fraction of sp³-hybridized carbons (Fsp3) is 0.235. The Balaban J connectivity index is 2.11. The van der Waals surface area contributed by atoms with E-state index in [-0.39, 0.29) is 20.7 Å². The number of nitrogens with zero attached hydrogens (tertiary/aromatic N) is 5. The number of hydrogen-bond donors (Lipinski definition) is 2. The number of hydrogen-bond acceptors (Lipinski definition) is 9. The van der Waals surface area contributed by atoms with Crippen molar-refractivity contribution >= 4 is 36.7 Å². The largest absolute Gasteiger partial charge is 0.494 e. The Hall–Kier alpha value is -2.67. The quantitative estimate of drug-likeness (QED) is 0.363. The average Bonchev–Trinajstić information content (AvgIpc) is 3.13. The van der Waals surface area contributed by atoms with Crippen molar-refractivity contribution in [3.8, 4) is 22.1 Å². The van der Waals surface area contributed by atoms with Gasteiger partial charge in [0.1, 0.15) is 10.9 Å². The Bertz CT molecular complexity index is 1270. The minimum atomic E-state index is -4.78. The van der Waals surface area contributed by atoms with Gasteiger partial charge in [-0.2, -0.15) is 4.99 Å². The first-order valence-corrected chi connectivity index (χ1v) is 11.4. The van der Waals surface area contributed by atoms with Gasteiger partial charge in [-0.05, 0) is 30.4 Å². The molecule has 0 saturated carbocycles. The molecule has 3 heterocycles. The summed E-state index contributed by atoms with van der Waals surface area (Å²) in [4.78, 5) is 43.1. The molecule has 0 aliphatic carbocycles. The van der Waals surface area contributed by atoms with Gasteiger partial charge in [-0.3, -0.25) is 14.3 Å². The van der Waals surface area contributed by atoms with E-state index in [1.165, 1.54) is 26.6 Å². The van der Waals surface area contributed by atoms with Gasteiger partial charge >= 0.3 is 7.82 Å². The molecule has 15 heteroatoms. The van der Waals surface area contributed by atoms with Gasteiger partial charge < -0.3 is 19.3 Å². The van der Waals surface area contributed by atoms with Crippen LogP contribution in [0.2, 0.25) is 5.15 Å². The maximum atomic E-state index is 13.1. The number of pyridine rings is 2. The number of halogens is 1. The highest BCUT2D eigenvalue weighted by Gasteiger charge is 2.20.